The van der Waals surface area contributed by atoms with E-state index in [1.165, 1.54) is 12.8 Å². The van der Waals surface area contributed by atoms with Crippen LogP contribution >= 0.6 is 0 Å². The van der Waals surface area contributed by atoms with Crippen LogP contribution in [0.5, 0.6) is 0 Å². The van der Waals surface area contributed by atoms with E-state index in [9.17, 15) is 0 Å². The third-order valence-corrected chi connectivity index (χ3v) is 4.78. The second-order valence-corrected chi connectivity index (χ2v) is 6.13. The molecule has 3 unspecified atom stereocenters. The first-order valence-corrected chi connectivity index (χ1v) is 7.94. The minimum absolute atomic E-state index is 0.111. The van der Waals surface area contributed by atoms with Crippen molar-refractivity contribution in [1.29, 1.82) is 0 Å². The van der Waals surface area contributed by atoms with Crippen molar-refractivity contribution in [2.45, 2.75) is 44.2 Å². The van der Waals surface area contributed by atoms with Crippen LogP contribution in [0.1, 0.15) is 50.1 Å². The lowest BCUT2D eigenvalue weighted by Gasteiger charge is -2.34. The average Bonchev–Trinajstić information content (AvgIpc) is 3.16. The first-order chi connectivity index (χ1) is 9.92. The lowest BCUT2D eigenvalue weighted by atomic mass is 9.89. The molecule has 0 aromatic carbocycles. The number of hydrogen-bond acceptors (Lipinski definition) is 5. The van der Waals surface area contributed by atoms with Crippen LogP contribution in [0.15, 0.2) is 0 Å². The van der Waals surface area contributed by atoms with Gasteiger partial charge in [0.2, 0.25) is 5.95 Å². The molecule has 0 amide bonds. The summed E-state index contributed by atoms with van der Waals surface area (Å²) in [6, 6.07) is 0.488. The van der Waals surface area contributed by atoms with Gasteiger partial charge in [0.1, 0.15) is 6.10 Å². The van der Waals surface area contributed by atoms with Crippen molar-refractivity contribution in [3.63, 3.8) is 0 Å². The van der Waals surface area contributed by atoms with E-state index in [0.29, 0.717) is 12.0 Å². The van der Waals surface area contributed by atoms with Gasteiger partial charge in [-0.05, 0) is 51.1 Å². The molecule has 6 nitrogen and oxygen atoms in total. The lowest BCUT2D eigenvalue weighted by molar-refractivity contribution is 0.104. The zero-order chi connectivity index (χ0) is 13.4. The summed E-state index contributed by atoms with van der Waals surface area (Å²) < 4.78 is 7.86. The van der Waals surface area contributed by atoms with E-state index in [1.54, 1.807) is 0 Å². The number of ether oxygens (including phenoxy) is 1. The number of nitrogens with one attached hydrogen (secondary N) is 2. The van der Waals surface area contributed by atoms with Crippen molar-refractivity contribution < 1.29 is 4.74 Å². The van der Waals surface area contributed by atoms with Crippen molar-refractivity contribution in [1.82, 2.24) is 20.1 Å². The fourth-order valence-electron chi connectivity index (χ4n) is 3.71. The maximum atomic E-state index is 5.72. The van der Waals surface area contributed by atoms with Gasteiger partial charge in [0, 0.05) is 13.2 Å². The molecule has 0 radical (unpaired) electrons. The van der Waals surface area contributed by atoms with E-state index < -0.39 is 0 Å². The highest BCUT2D eigenvalue weighted by atomic mass is 16.5. The third-order valence-electron chi connectivity index (χ3n) is 4.78. The molecule has 0 aliphatic carbocycles. The van der Waals surface area contributed by atoms with Gasteiger partial charge in [0.25, 0.3) is 0 Å². The largest absolute Gasteiger partial charge is 0.370 e. The summed E-state index contributed by atoms with van der Waals surface area (Å²) in [5.74, 6) is 2.50. The van der Waals surface area contributed by atoms with Crippen molar-refractivity contribution in [3.05, 3.63) is 5.82 Å². The van der Waals surface area contributed by atoms with Gasteiger partial charge in [-0.15, -0.1) is 0 Å². The fraction of sp³-hybridized carbons (Fsp3) is 0.857. The first-order valence-electron chi connectivity index (χ1n) is 7.94. The Hall–Kier alpha value is -1.14. The molecule has 4 rings (SSSR count). The Morgan fingerprint density at radius 1 is 1.15 bits per heavy atom. The molecule has 1 aromatic heterocycles. The van der Waals surface area contributed by atoms with Gasteiger partial charge in [0.05, 0.1) is 6.04 Å². The monoisotopic (exact) mass is 277 g/mol. The summed E-state index contributed by atoms with van der Waals surface area (Å²) in [7, 11) is 0. The smallest absolute Gasteiger partial charge is 0.221 e. The summed E-state index contributed by atoms with van der Waals surface area (Å²) in [6.45, 7) is 4.12. The van der Waals surface area contributed by atoms with E-state index >= 15 is 0 Å². The Morgan fingerprint density at radius 3 is 2.95 bits per heavy atom. The normalized spacial score (nSPS) is 33.7. The van der Waals surface area contributed by atoms with Gasteiger partial charge in [-0.1, -0.05) is 0 Å². The number of piperidine rings is 1. The molecule has 2 N–H and O–H groups in total. The van der Waals surface area contributed by atoms with Crippen molar-refractivity contribution >= 4 is 5.95 Å². The number of nitrogens with zero attached hydrogens (tertiary/aromatic N) is 3. The van der Waals surface area contributed by atoms with Crippen LogP contribution < -0.4 is 10.6 Å². The molecule has 0 spiro atoms. The number of aromatic nitrogens is 3. The maximum absolute atomic E-state index is 5.72. The van der Waals surface area contributed by atoms with E-state index in [1.807, 2.05) is 0 Å². The third kappa shape index (κ3) is 2.20. The quantitative estimate of drug-likeness (QED) is 0.857. The van der Waals surface area contributed by atoms with Gasteiger partial charge < -0.3 is 15.4 Å². The van der Waals surface area contributed by atoms with Crippen LogP contribution in [0.3, 0.4) is 0 Å². The maximum Gasteiger partial charge on any atom is 0.221 e. The highest BCUT2D eigenvalue weighted by molar-refractivity contribution is 5.29. The number of hydrogen-bond donors (Lipinski definition) is 2. The second-order valence-electron chi connectivity index (χ2n) is 6.13. The lowest BCUT2D eigenvalue weighted by Crippen LogP contribution is -2.38. The number of fused-ring (bicyclic) bond motifs is 1. The van der Waals surface area contributed by atoms with Crippen LogP contribution in [0.25, 0.3) is 0 Å². The molecular weight excluding hydrogens is 254 g/mol. The van der Waals surface area contributed by atoms with E-state index in [4.69, 9.17) is 9.84 Å². The minimum atomic E-state index is 0.111. The van der Waals surface area contributed by atoms with Crippen molar-refractivity contribution in [3.8, 4) is 0 Å². The topological polar surface area (TPSA) is 64.0 Å². The van der Waals surface area contributed by atoms with Gasteiger partial charge in [-0.3, -0.25) is 0 Å². The van der Waals surface area contributed by atoms with Gasteiger partial charge in [0.15, 0.2) is 5.82 Å². The summed E-state index contributed by atoms with van der Waals surface area (Å²) in [4.78, 5) is 4.67. The van der Waals surface area contributed by atoms with E-state index in [2.05, 4.69) is 20.3 Å². The molecule has 6 heteroatoms. The second kappa shape index (κ2) is 5.33. The van der Waals surface area contributed by atoms with Crippen LogP contribution in [-0.4, -0.2) is 41.0 Å². The van der Waals surface area contributed by atoms with E-state index in [0.717, 1.165) is 57.3 Å². The summed E-state index contributed by atoms with van der Waals surface area (Å²) in [6.07, 6.45) is 6.01. The zero-order valence-electron chi connectivity index (χ0n) is 11.8. The minimum Gasteiger partial charge on any atom is -0.370 e. The molecule has 0 bridgehead atoms. The van der Waals surface area contributed by atoms with Gasteiger partial charge in [-0.25, -0.2) is 4.68 Å². The molecule has 110 valence electrons. The Bertz CT molecular complexity index is 462. The highest BCUT2D eigenvalue weighted by Crippen LogP contribution is 2.34. The molecule has 3 aliphatic heterocycles. The average molecular weight is 277 g/mol. The Labute approximate surface area is 119 Å². The SMILES string of the molecule is C1COC(c2nc3n(n2)C(C2CCCNC2)CCN3)C1. The molecule has 3 atom stereocenters. The molecule has 2 fully saturated rings. The standard InChI is InChI=1S/C14H23N5O/c1-3-10(9-15-6-1)11-5-7-16-14-17-13(18-19(11)14)12-4-2-8-20-12/h10-12,15H,1-9H2,(H,16,17,18). The fourth-order valence-corrected chi connectivity index (χ4v) is 3.71. The Kier molecular flexibility index (Phi) is 3.36. The molecule has 2 saturated heterocycles. The van der Waals surface area contributed by atoms with Crippen molar-refractivity contribution in [2.75, 3.05) is 31.6 Å². The predicted molar refractivity (Wildman–Crippen MR) is 75.7 cm³/mol. The summed E-state index contributed by atoms with van der Waals surface area (Å²) >= 11 is 0. The summed E-state index contributed by atoms with van der Waals surface area (Å²) in [5, 5.41) is 11.7. The molecule has 3 aliphatic rings. The zero-order valence-corrected chi connectivity index (χ0v) is 11.8. The van der Waals surface area contributed by atoms with Crippen molar-refractivity contribution in [2.24, 2.45) is 5.92 Å². The molecule has 4 heterocycles. The highest BCUT2D eigenvalue weighted by Gasteiger charge is 2.32. The summed E-state index contributed by atoms with van der Waals surface area (Å²) in [5.41, 5.74) is 0. The van der Waals surface area contributed by atoms with Crippen LogP contribution in [0.2, 0.25) is 0 Å². The van der Waals surface area contributed by atoms with Crippen LogP contribution in [-0.2, 0) is 4.74 Å². The van der Waals surface area contributed by atoms with Crippen LogP contribution in [0, 0.1) is 5.92 Å². The van der Waals surface area contributed by atoms with E-state index in [-0.39, 0.29) is 6.10 Å². The molecule has 20 heavy (non-hydrogen) atoms. The van der Waals surface area contributed by atoms with Gasteiger partial charge in [-0.2, -0.15) is 10.1 Å². The van der Waals surface area contributed by atoms with Crippen LogP contribution in [0.4, 0.5) is 5.95 Å². The predicted octanol–water partition coefficient (Wildman–Crippen LogP) is 1.49. The van der Waals surface area contributed by atoms with Gasteiger partial charge >= 0.3 is 0 Å². The Morgan fingerprint density at radius 2 is 2.15 bits per heavy atom. The molecule has 1 aromatic rings. The first kappa shape index (κ1) is 12.6. The number of rotatable bonds is 2. The number of anilines is 1. The molecular formula is C14H23N5O. The Balaban J connectivity index is 1.59. The molecule has 0 saturated carbocycles.